The van der Waals surface area contributed by atoms with Crippen molar-refractivity contribution in [2.24, 2.45) is 5.92 Å². The Hall–Kier alpha value is -0.0300. The summed E-state index contributed by atoms with van der Waals surface area (Å²) in [5.41, 5.74) is 1.19. The molecule has 18 heavy (non-hydrogen) atoms. The maximum absolute atomic E-state index is 9.33. The Morgan fingerprint density at radius 1 is 1.33 bits per heavy atom. The van der Waals surface area contributed by atoms with Gasteiger partial charge in [-0.3, -0.25) is 0 Å². The van der Waals surface area contributed by atoms with Gasteiger partial charge in [-0.25, -0.2) is 0 Å². The van der Waals surface area contributed by atoms with Crippen LogP contribution < -0.4 is 0 Å². The minimum atomic E-state index is 0.291. The number of rotatable bonds is 5. The van der Waals surface area contributed by atoms with Gasteiger partial charge in [-0.1, -0.05) is 28.1 Å². The molecule has 2 rings (SSSR count). The molecule has 1 saturated heterocycles. The van der Waals surface area contributed by atoms with E-state index in [1.165, 1.54) is 17.7 Å². The average Bonchev–Trinajstić information content (AvgIpc) is 2.41. The monoisotopic (exact) mass is 330 g/mol. The largest absolute Gasteiger partial charge is 0.396 e. The van der Waals surface area contributed by atoms with Gasteiger partial charge in [-0.05, 0) is 42.2 Å². The smallest absolute Gasteiger partial charge is 0.0717 e. The van der Waals surface area contributed by atoms with Gasteiger partial charge in [0.05, 0.1) is 13.2 Å². The molecule has 0 saturated carbocycles. The molecule has 0 bridgehead atoms. The minimum absolute atomic E-state index is 0.291. The molecule has 1 N–H and O–H groups in total. The molecule has 1 aliphatic rings. The molecule has 1 aromatic carbocycles. The average molecular weight is 331 g/mol. The zero-order valence-corrected chi connectivity index (χ0v) is 12.8. The van der Waals surface area contributed by atoms with Gasteiger partial charge in [-0.2, -0.15) is 11.8 Å². The summed E-state index contributed by atoms with van der Waals surface area (Å²) in [7, 11) is 0. The molecule has 2 nitrogen and oxygen atoms in total. The van der Waals surface area contributed by atoms with Crippen LogP contribution in [0.25, 0.3) is 0 Å². The van der Waals surface area contributed by atoms with Crippen molar-refractivity contribution in [1.82, 2.24) is 0 Å². The standard InChI is InChI=1S/C14H19BrO2S/c15-13-5-3-11(4-6-13)9-17-10-14-12(8-16)2-1-7-18-14/h3-6,12,14,16H,1-2,7-10H2/t12-,14-/m1/s1. The fraction of sp³-hybridized carbons (Fsp3) is 0.571. The first kappa shape index (κ1) is 14.4. The third kappa shape index (κ3) is 4.26. The molecule has 0 radical (unpaired) electrons. The number of aliphatic hydroxyl groups is 1. The molecule has 0 aromatic heterocycles. The van der Waals surface area contributed by atoms with E-state index in [1.807, 2.05) is 23.9 Å². The third-order valence-electron chi connectivity index (χ3n) is 3.28. The van der Waals surface area contributed by atoms with Gasteiger partial charge in [0.2, 0.25) is 0 Å². The summed E-state index contributed by atoms with van der Waals surface area (Å²) in [6.07, 6.45) is 2.36. The van der Waals surface area contributed by atoms with Gasteiger partial charge in [-0.15, -0.1) is 0 Å². The lowest BCUT2D eigenvalue weighted by Crippen LogP contribution is -2.29. The fourth-order valence-electron chi connectivity index (χ4n) is 2.17. The lowest BCUT2D eigenvalue weighted by molar-refractivity contribution is 0.0966. The lowest BCUT2D eigenvalue weighted by Gasteiger charge is -2.29. The van der Waals surface area contributed by atoms with Crippen LogP contribution >= 0.6 is 27.7 Å². The molecule has 1 fully saturated rings. The van der Waals surface area contributed by atoms with Crippen molar-refractivity contribution < 1.29 is 9.84 Å². The van der Waals surface area contributed by atoms with Crippen molar-refractivity contribution in [1.29, 1.82) is 0 Å². The molecule has 1 aliphatic heterocycles. The second-order valence-electron chi connectivity index (χ2n) is 4.64. The highest BCUT2D eigenvalue weighted by Gasteiger charge is 2.24. The van der Waals surface area contributed by atoms with Crippen LogP contribution in [-0.2, 0) is 11.3 Å². The van der Waals surface area contributed by atoms with E-state index in [4.69, 9.17) is 4.74 Å². The minimum Gasteiger partial charge on any atom is -0.396 e. The van der Waals surface area contributed by atoms with Gasteiger partial charge in [0.25, 0.3) is 0 Å². The van der Waals surface area contributed by atoms with Crippen LogP contribution in [0.2, 0.25) is 0 Å². The SMILES string of the molecule is OC[C@H]1CCCS[C@@H]1COCc1ccc(Br)cc1. The summed E-state index contributed by atoms with van der Waals surface area (Å²) >= 11 is 5.36. The Morgan fingerprint density at radius 2 is 2.11 bits per heavy atom. The van der Waals surface area contributed by atoms with Crippen LogP contribution in [0, 0.1) is 5.92 Å². The Morgan fingerprint density at radius 3 is 2.83 bits per heavy atom. The first-order valence-electron chi connectivity index (χ1n) is 6.34. The van der Waals surface area contributed by atoms with Gasteiger partial charge in [0, 0.05) is 16.3 Å². The van der Waals surface area contributed by atoms with E-state index < -0.39 is 0 Å². The molecule has 4 heteroatoms. The number of hydrogen-bond donors (Lipinski definition) is 1. The maximum atomic E-state index is 9.33. The van der Waals surface area contributed by atoms with Crippen molar-refractivity contribution in [2.75, 3.05) is 19.0 Å². The molecule has 2 atom stereocenters. The van der Waals surface area contributed by atoms with Crippen LogP contribution in [0.5, 0.6) is 0 Å². The van der Waals surface area contributed by atoms with E-state index in [9.17, 15) is 5.11 Å². The van der Waals surface area contributed by atoms with Crippen LogP contribution in [-0.4, -0.2) is 29.3 Å². The van der Waals surface area contributed by atoms with E-state index in [2.05, 4.69) is 28.1 Å². The van der Waals surface area contributed by atoms with Crippen LogP contribution in [0.15, 0.2) is 28.7 Å². The highest BCUT2D eigenvalue weighted by atomic mass is 79.9. The lowest BCUT2D eigenvalue weighted by atomic mass is 10.0. The number of halogens is 1. The van der Waals surface area contributed by atoms with E-state index in [-0.39, 0.29) is 0 Å². The van der Waals surface area contributed by atoms with Crippen molar-refractivity contribution in [3.63, 3.8) is 0 Å². The summed E-state index contributed by atoms with van der Waals surface area (Å²) in [5, 5.41) is 9.79. The second kappa shape index (κ2) is 7.53. The van der Waals surface area contributed by atoms with Crippen molar-refractivity contribution in [3.05, 3.63) is 34.3 Å². The summed E-state index contributed by atoms with van der Waals surface area (Å²) in [6, 6.07) is 8.21. The first-order valence-corrected chi connectivity index (χ1v) is 8.18. The normalized spacial score (nSPS) is 24.1. The Labute approximate surface area is 121 Å². The van der Waals surface area contributed by atoms with Crippen LogP contribution in [0.4, 0.5) is 0 Å². The van der Waals surface area contributed by atoms with E-state index >= 15 is 0 Å². The number of aliphatic hydroxyl groups excluding tert-OH is 1. The molecule has 1 heterocycles. The van der Waals surface area contributed by atoms with Gasteiger partial charge < -0.3 is 9.84 Å². The van der Waals surface area contributed by atoms with Crippen LogP contribution in [0.3, 0.4) is 0 Å². The molecule has 100 valence electrons. The molecular weight excluding hydrogens is 312 g/mol. The van der Waals surface area contributed by atoms with Crippen molar-refractivity contribution >= 4 is 27.7 Å². The number of hydrogen-bond acceptors (Lipinski definition) is 3. The van der Waals surface area contributed by atoms with E-state index in [1.54, 1.807) is 0 Å². The van der Waals surface area contributed by atoms with Gasteiger partial charge >= 0.3 is 0 Å². The highest BCUT2D eigenvalue weighted by Crippen LogP contribution is 2.30. The zero-order valence-electron chi connectivity index (χ0n) is 10.3. The number of thioether (sulfide) groups is 1. The van der Waals surface area contributed by atoms with E-state index in [0.717, 1.165) is 17.5 Å². The van der Waals surface area contributed by atoms with Crippen LogP contribution in [0.1, 0.15) is 18.4 Å². The van der Waals surface area contributed by atoms with Gasteiger partial charge in [0.15, 0.2) is 0 Å². The van der Waals surface area contributed by atoms with E-state index in [0.29, 0.717) is 24.4 Å². The molecule has 0 amide bonds. The highest BCUT2D eigenvalue weighted by molar-refractivity contribution is 9.10. The van der Waals surface area contributed by atoms with Crippen molar-refractivity contribution in [2.45, 2.75) is 24.7 Å². The second-order valence-corrected chi connectivity index (χ2v) is 6.90. The summed E-state index contributed by atoms with van der Waals surface area (Å²) in [5.74, 6) is 1.61. The maximum Gasteiger partial charge on any atom is 0.0717 e. The Balaban J connectivity index is 1.75. The Bertz CT molecular complexity index is 355. The zero-order chi connectivity index (χ0) is 12.8. The molecule has 1 aromatic rings. The molecule has 0 spiro atoms. The molecule has 0 unspecified atom stereocenters. The number of ether oxygens (including phenoxy) is 1. The Kier molecular flexibility index (Phi) is 6.02. The van der Waals surface area contributed by atoms with Gasteiger partial charge in [0.1, 0.15) is 0 Å². The fourth-order valence-corrected chi connectivity index (χ4v) is 3.76. The third-order valence-corrected chi connectivity index (χ3v) is 5.28. The summed E-state index contributed by atoms with van der Waals surface area (Å²) in [6.45, 7) is 1.69. The summed E-state index contributed by atoms with van der Waals surface area (Å²) < 4.78 is 6.88. The topological polar surface area (TPSA) is 29.5 Å². The summed E-state index contributed by atoms with van der Waals surface area (Å²) in [4.78, 5) is 0. The quantitative estimate of drug-likeness (QED) is 0.896. The molecule has 0 aliphatic carbocycles. The predicted molar refractivity (Wildman–Crippen MR) is 79.9 cm³/mol. The molecular formula is C14H19BrO2S. The first-order chi connectivity index (χ1) is 8.79. The predicted octanol–water partition coefficient (Wildman–Crippen LogP) is 3.47. The number of benzene rings is 1. The van der Waals surface area contributed by atoms with Crippen molar-refractivity contribution in [3.8, 4) is 0 Å².